The first-order chi connectivity index (χ1) is 22.3. The van der Waals surface area contributed by atoms with E-state index in [1.165, 1.54) is 17.4 Å². The summed E-state index contributed by atoms with van der Waals surface area (Å²) >= 11 is 4.80. The average molecular weight is 699 g/mol. The number of carbonyl (C=O) groups is 1. The second-order valence-electron chi connectivity index (χ2n) is 10.5. The number of rotatable bonds is 9. The Balaban J connectivity index is 1.37. The Labute approximate surface area is 277 Å². The maximum Gasteiger partial charge on any atom is 0.271 e. The predicted octanol–water partition coefficient (Wildman–Crippen LogP) is 6.75. The normalized spacial score (nSPS) is 14.4. The zero-order valence-electron chi connectivity index (χ0n) is 25.0. The first kappa shape index (κ1) is 31.2. The molecule has 0 bridgehead atoms. The lowest BCUT2D eigenvalue weighted by molar-refractivity contribution is -0.113. The van der Waals surface area contributed by atoms with Gasteiger partial charge in [-0.1, -0.05) is 65.9 Å². The van der Waals surface area contributed by atoms with Crippen LogP contribution in [0.3, 0.4) is 0 Å². The van der Waals surface area contributed by atoms with Crippen LogP contribution in [0.4, 0.5) is 10.1 Å². The molecular weight excluding hydrogens is 669 g/mol. The summed E-state index contributed by atoms with van der Waals surface area (Å²) in [6.07, 6.45) is 1.79. The van der Waals surface area contributed by atoms with Crippen LogP contribution in [0.1, 0.15) is 36.6 Å². The topological polar surface area (TPSA) is 81.9 Å². The van der Waals surface area contributed by atoms with E-state index in [2.05, 4.69) is 21.2 Å². The Morgan fingerprint density at radius 3 is 2.48 bits per heavy atom. The maximum absolute atomic E-state index is 14.1. The second kappa shape index (κ2) is 13.7. The molecule has 5 aromatic rings. The third-order valence-corrected chi connectivity index (χ3v) is 9.00. The van der Waals surface area contributed by atoms with E-state index in [4.69, 9.17) is 14.5 Å². The van der Waals surface area contributed by atoms with E-state index in [0.717, 1.165) is 11.1 Å². The standard InChI is InChI=1S/C36H29BrFN3O4S/c1-3-44-27-16-14-24(15-17-27)33-32(34(42)40-26-10-5-4-6-11-26)22(2)39-36-41(33)35(43)31(46-36)20-23-13-18-30(28(37)19-23)45-21-25-9-7-8-12-29(25)38/h4-20,33H,3,21H2,1-2H3,(H,40,42)/b31-20-/t33-/m0/s1. The number of benzene rings is 4. The molecule has 1 aromatic heterocycles. The molecule has 232 valence electrons. The molecule has 46 heavy (non-hydrogen) atoms. The largest absolute Gasteiger partial charge is 0.494 e. The van der Waals surface area contributed by atoms with E-state index in [-0.39, 0.29) is 23.9 Å². The molecule has 2 heterocycles. The van der Waals surface area contributed by atoms with Crippen LogP contribution in [-0.2, 0) is 11.4 Å². The number of ether oxygens (including phenoxy) is 2. The lowest BCUT2D eigenvalue weighted by Gasteiger charge is -2.25. The fraction of sp³-hybridized carbons (Fsp3) is 0.139. The number of nitrogens with zero attached hydrogens (tertiary/aromatic N) is 2. The van der Waals surface area contributed by atoms with E-state index in [1.807, 2.05) is 73.7 Å². The van der Waals surface area contributed by atoms with Crippen molar-refractivity contribution in [2.24, 2.45) is 4.99 Å². The molecule has 0 saturated carbocycles. The second-order valence-corrected chi connectivity index (χ2v) is 12.3. The van der Waals surface area contributed by atoms with Gasteiger partial charge in [0.15, 0.2) is 4.80 Å². The Bertz CT molecular complexity index is 2130. The minimum Gasteiger partial charge on any atom is -0.494 e. The van der Waals surface area contributed by atoms with Crippen molar-refractivity contribution in [3.05, 3.63) is 155 Å². The molecule has 1 N–H and O–H groups in total. The van der Waals surface area contributed by atoms with E-state index in [9.17, 15) is 14.0 Å². The lowest BCUT2D eigenvalue weighted by Crippen LogP contribution is -2.40. The minimum absolute atomic E-state index is 0.0777. The van der Waals surface area contributed by atoms with E-state index >= 15 is 0 Å². The van der Waals surface area contributed by atoms with Gasteiger partial charge in [-0.15, -0.1) is 0 Å². The molecular formula is C36H29BrFN3O4S. The zero-order valence-corrected chi connectivity index (χ0v) is 27.4. The first-order valence-electron chi connectivity index (χ1n) is 14.6. The molecule has 1 aliphatic rings. The van der Waals surface area contributed by atoms with Crippen molar-refractivity contribution < 1.29 is 18.7 Å². The molecule has 7 nitrogen and oxygen atoms in total. The number of para-hydroxylation sites is 1. The van der Waals surface area contributed by atoms with Gasteiger partial charge in [-0.25, -0.2) is 9.38 Å². The molecule has 0 radical (unpaired) electrons. The monoisotopic (exact) mass is 697 g/mol. The molecule has 1 aliphatic heterocycles. The van der Waals surface area contributed by atoms with Crippen molar-refractivity contribution >= 4 is 44.9 Å². The summed E-state index contributed by atoms with van der Waals surface area (Å²) in [5.41, 5.74) is 3.24. The highest BCUT2D eigenvalue weighted by Gasteiger charge is 2.32. The average Bonchev–Trinajstić information content (AvgIpc) is 3.35. The smallest absolute Gasteiger partial charge is 0.271 e. The van der Waals surface area contributed by atoms with Gasteiger partial charge in [-0.2, -0.15) is 0 Å². The Morgan fingerprint density at radius 2 is 1.76 bits per heavy atom. The molecule has 4 aromatic carbocycles. The number of fused-ring (bicyclic) bond motifs is 1. The van der Waals surface area contributed by atoms with Gasteiger partial charge in [-0.3, -0.25) is 14.2 Å². The number of allylic oxidation sites excluding steroid dienone is 1. The molecule has 6 rings (SSSR count). The molecule has 0 saturated heterocycles. The summed E-state index contributed by atoms with van der Waals surface area (Å²) in [4.78, 5) is 33.1. The van der Waals surface area contributed by atoms with Crippen LogP contribution in [0.15, 0.2) is 123 Å². The van der Waals surface area contributed by atoms with Gasteiger partial charge in [0.2, 0.25) is 0 Å². The quantitative estimate of drug-likeness (QED) is 0.185. The molecule has 10 heteroatoms. The van der Waals surface area contributed by atoms with Crippen molar-refractivity contribution in [1.29, 1.82) is 0 Å². The third kappa shape index (κ3) is 6.59. The lowest BCUT2D eigenvalue weighted by atomic mass is 9.95. The van der Waals surface area contributed by atoms with Crippen molar-refractivity contribution in [2.75, 3.05) is 11.9 Å². The van der Waals surface area contributed by atoms with Gasteiger partial charge >= 0.3 is 0 Å². The summed E-state index contributed by atoms with van der Waals surface area (Å²) in [7, 11) is 0. The van der Waals surface area contributed by atoms with Gasteiger partial charge in [0, 0.05) is 11.3 Å². The minimum atomic E-state index is -0.710. The van der Waals surface area contributed by atoms with E-state index in [1.54, 1.807) is 41.8 Å². The number of thiazole rings is 1. The van der Waals surface area contributed by atoms with Crippen molar-refractivity contribution in [3.63, 3.8) is 0 Å². The SMILES string of the molecule is CCOc1ccc([C@H]2C(C(=O)Nc3ccccc3)=C(C)N=c3s/c(=C\c4ccc(OCc5ccccc5F)c(Br)c4)c(=O)n32)cc1. The fourth-order valence-corrected chi connectivity index (χ4v) is 6.76. The molecule has 1 amide bonds. The van der Waals surface area contributed by atoms with Gasteiger partial charge in [0.1, 0.15) is 23.9 Å². The number of carbonyl (C=O) groups excluding carboxylic acids is 1. The summed E-state index contributed by atoms with van der Waals surface area (Å²) in [5, 5.41) is 2.97. The van der Waals surface area contributed by atoms with E-state index < -0.39 is 6.04 Å². The van der Waals surface area contributed by atoms with Crippen LogP contribution in [0.5, 0.6) is 11.5 Å². The summed E-state index contributed by atoms with van der Waals surface area (Å²) < 4.78 is 28.2. The highest BCUT2D eigenvalue weighted by molar-refractivity contribution is 9.10. The van der Waals surface area contributed by atoms with Crippen molar-refractivity contribution in [2.45, 2.75) is 26.5 Å². The van der Waals surface area contributed by atoms with Gasteiger partial charge in [0.05, 0.1) is 32.9 Å². The van der Waals surface area contributed by atoms with Crippen LogP contribution < -0.4 is 29.7 Å². The van der Waals surface area contributed by atoms with Crippen LogP contribution in [0.25, 0.3) is 6.08 Å². The van der Waals surface area contributed by atoms with Crippen LogP contribution in [0.2, 0.25) is 0 Å². The Hall–Kier alpha value is -4.80. The molecule has 0 unspecified atom stereocenters. The number of hydrogen-bond acceptors (Lipinski definition) is 6. The first-order valence-corrected chi connectivity index (χ1v) is 16.2. The Morgan fingerprint density at radius 1 is 1.02 bits per heavy atom. The number of amides is 1. The number of anilines is 1. The number of aromatic nitrogens is 1. The summed E-state index contributed by atoms with van der Waals surface area (Å²) in [5.74, 6) is 0.573. The number of halogens is 2. The molecule has 0 spiro atoms. The van der Waals surface area contributed by atoms with Crippen molar-refractivity contribution in [3.8, 4) is 11.5 Å². The van der Waals surface area contributed by atoms with Crippen LogP contribution >= 0.6 is 27.3 Å². The van der Waals surface area contributed by atoms with Gasteiger partial charge in [0.25, 0.3) is 11.5 Å². The fourth-order valence-electron chi connectivity index (χ4n) is 5.21. The highest BCUT2D eigenvalue weighted by Crippen LogP contribution is 2.32. The summed E-state index contributed by atoms with van der Waals surface area (Å²) in [6, 6.07) is 27.8. The molecule has 0 aliphatic carbocycles. The predicted molar refractivity (Wildman–Crippen MR) is 181 cm³/mol. The van der Waals surface area contributed by atoms with Gasteiger partial charge in [-0.05, 0) is 89.4 Å². The summed E-state index contributed by atoms with van der Waals surface area (Å²) in [6.45, 7) is 4.30. The van der Waals surface area contributed by atoms with Crippen LogP contribution in [0, 0.1) is 5.82 Å². The molecule has 0 fully saturated rings. The number of nitrogens with one attached hydrogen (secondary N) is 1. The Kier molecular flexibility index (Phi) is 9.28. The molecule has 1 atom stereocenters. The van der Waals surface area contributed by atoms with E-state index in [0.29, 0.717) is 54.4 Å². The van der Waals surface area contributed by atoms with Crippen LogP contribution in [-0.4, -0.2) is 17.1 Å². The third-order valence-electron chi connectivity index (χ3n) is 7.40. The zero-order chi connectivity index (χ0) is 32.2. The highest BCUT2D eigenvalue weighted by atomic mass is 79.9. The van der Waals surface area contributed by atoms with Crippen molar-refractivity contribution in [1.82, 2.24) is 4.57 Å². The number of hydrogen-bond donors (Lipinski definition) is 1. The maximum atomic E-state index is 14.1. The van der Waals surface area contributed by atoms with Gasteiger partial charge < -0.3 is 14.8 Å².